The molecule has 0 aliphatic heterocycles. The molecule has 7 heteroatoms. The highest BCUT2D eigenvalue weighted by molar-refractivity contribution is 9.10. The molecule has 0 heterocycles. The van der Waals surface area contributed by atoms with Gasteiger partial charge in [-0.3, -0.25) is 4.79 Å². The highest BCUT2D eigenvalue weighted by Crippen LogP contribution is 2.26. The van der Waals surface area contributed by atoms with E-state index in [0.717, 1.165) is 15.6 Å². The van der Waals surface area contributed by atoms with Gasteiger partial charge in [-0.05, 0) is 51.0 Å². The first kappa shape index (κ1) is 21.9. The van der Waals surface area contributed by atoms with Gasteiger partial charge >= 0.3 is 0 Å². The summed E-state index contributed by atoms with van der Waals surface area (Å²) in [6.45, 7) is 8.18. The Morgan fingerprint density at radius 2 is 2.04 bits per heavy atom. The molecular formula is C17H24Br2ClNO3. The Bertz CT molecular complexity index is 552. The van der Waals surface area contributed by atoms with Crippen molar-refractivity contribution in [2.24, 2.45) is 0 Å². The van der Waals surface area contributed by atoms with E-state index in [2.05, 4.69) is 37.2 Å². The largest absolute Gasteiger partial charge is 0.391 e. The lowest BCUT2D eigenvalue weighted by Crippen LogP contribution is -2.40. The summed E-state index contributed by atoms with van der Waals surface area (Å²) in [5, 5.41) is 13.6. The number of rotatable bonds is 7. The highest BCUT2D eigenvalue weighted by atomic mass is 79.9. The van der Waals surface area contributed by atoms with E-state index in [1.54, 1.807) is 6.07 Å². The second kappa shape index (κ2) is 9.53. The van der Waals surface area contributed by atoms with Crippen LogP contribution in [-0.2, 0) is 16.0 Å². The minimum Gasteiger partial charge on any atom is -0.391 e. The Morgan fingerprint density at radius 1 is 1.42 bits per heavy atom. The quantitative estimate of drug-likeness (QED) is 0.574. The zero-order valence-corrected chi connectivity index (χ0v) is 18.3. The average molecular weight is 486 g/mol. The number of benzene rings is 1. The van der Waals surface area contributed by atoms with Gasteiger partial charge in [0.25, 0.3) is 0 Å². The molecular weight excluding hydrogens is 461 g/mol. The Morgan fingerprint density at radius 3 is 2.58 bits per heavy atom. The minimum absolute atomic E-state index is 0.172. The van der Waals surface area contributed by atoms with Crippen molar-refractivity contribution in [1.82, 2.24) is 5.32 Å². The van der Waals surface area contributed by atoms with E-state index in [1.165, 1.54) is 0 Å². The third kappa shape index (κ3) is 7.83. The van der Waals surface area contributed by atoms with Crippen LogP contribution < -0.4 is 5.32 Å². The first-order valence-corrected chi connectivity index (χ1v) is 9.76. The SMILES string of the molecule is Cc1cc(Cl)cc(Br)c1CC(O)CNC(=O)[C@H](Br)COC(C)(C)C. The Hall–Kier alpha value is -0.140. The smallest absolute Gasteiger partial charge is 0.236 e. The molecule has 0 saturated carbocycles. The number of halogens is 3. The Labute approximate surface area is 165 Å². The summed E-state index contributed by atoms with van der Waals surface area (Å²) in [6, 6.07) is 3.65. The summed E-state index contributed by atoms with van der Waals surface area (Å²) in [4.78, 5) is 11.6. The van der Waals surface area contributed by atoms with Crippen LogP contribution in [0.15, 0.2) is 16.6 Å². The van der Waals surface area contributed by atoms with Crippen LogP contribution >= 0.6 is 43.5 Å². The van der Waals surface area contributed by atoms with Crippen LogP contribution in [0.25, 0.3) is 0 Å². The molecule has 0 radical (unpaired) electrons. The lowest BCUT2D eigenvalue weighted by atomic mass is 10.0. The molecule has 0 bridgehead atoms. The maximum atomic E-state index is 12.0. The van der Waals surface area contributed by atoms with Crippen LogP contribution in [0.3, 0.4) is 0 Å². The number of amides is 1. The number of carbonyl (C=O) groups excluding carboxylic acids is 1. The molecule has 0 spiro atoms. The topological polar surface area (TPSA) is 58.6 Å². The molecule has 4 nitrogen and oxygen atoms in total. The van der Waals surface area contributed by atoms with Gasteiger partial charge in [0.15, 0.2) is 0 Å². The Balaban J connectivity index is 2.49. The van der Waals surface area contributed by atoms with E-state index >= 15 is 0 Å². The van der Waals surface area contributed by atoms with Crippen molar-refractivity contribution in [3.8, 4) is 0 Å². The summed E-state index contributed by atoms with van der Waals surface area (Å²) < 4.78 is 6.42. The van der Waals surface area contributed by atoms with Gasteiger partial charge in [-0.2, -0.15) is 0 Å². The first-order valence-electron chi connectivity index (χ1n) is 7.68. The molecule has 1 aromatic carbocycles. The lowest BCUT2D eigenvalue weighted by molar-refractivity contribution is -0.122. The maximum absolute atomic E-state index is 12.0. The Kier molecular flexibility index (Phi) is 8.70. The molecule has 0 saturated heterocycles. The molecule has 0 aliphatic rings. The maximum Gasteiger partial charge on any atom is 0.236 e. The van der Waals surface area contributed by atoms with E-state index < -0.39 is 10.9 Å². The van der Waals surface area contributed by atoms with E-state index in [4.69, 9.17) is 16.3 Å². The van der Waals surface area contributed by atoms with Crippen LogP contribution in [-0.4, -0.2) is 40.7 Å². The summed E-state index contributed by atoms with van der Waals surface area (Å²) in [5.41, 5.74) is 1.67. The number of ether oxygens (including phenoxy) is 1. The van der Waals surface area contributed by atoms with Crippen LogP contribution in [0.5, 0.6) is 0 Å². The number of hydrogen-bond donors (Lipinski definition) is 2. The van der Waals surface area contributed by atoms with Crippen LogP contribution in [0, 0.1) is 6.92 Å². The molecule has 136 valence electrons. The second-order valence-electron chi connectivity index (χ2n) is 6.68. The van der Waals surface area contributed by atoms with E-state index in [1.807, 2.05) is 33.8 Å². The number of nitrogens with one attached hydrogen (secondary N) is 1. The fourth-order valence-corrected chi connectivity index (χ4v) is 3.45. The highest BCUT2D eigenvalue weighted by Gasteiger charge is 2.20. The van der Waals surface area contributed by atoms with Crippen LogP contribution in [0.4, 0.5) is 0 Å². The van der Waals surface area contributed by atoms with E-state index in [9.17, 15) is 9.90 Å². The van der Waals surface area contributed by atoms with Gasteiger partial charge in [0, 0.05) is 22.5 Å². The monoisotopic (exact) mass is 483 g/mol. The van der Waals surface area contributed by atoms with Gasteiger partial charge in [0.05, 0.1) is 18.3 Å². The number of carbonyl (C=O) groups is 1. The van der Waals surface area contributed by atoms with Crippen molar-refractivity contribution in [1.29, 1.82) is 0 Å². The van der Waals surface area contributed by atoms with Crippen molar-refractivity contribution in [3.63, 3.8) is 0 Å². The molecule has 1 amide bonds. The standard InChI is InChI=1S/C17H24Br2ClNO3/c1-10-5-11(20)6-14(18)13(10)7-12(22)8-21-16(23)15(19)9-24-17(2,3)4/h5-6,12,15,22H,7-9H2,1-4H3,(H,21,23)/t12?,15-/m1/s1. The van der Waals surface area contributed by atoms with Crippen molar-refractivity contribution in [3.05, 3.63) is 32.8 Å². The summed E-state index contributed by atoms with van der Waals surface area (Å²) in [7, 11) is 0. The van der Waals surface area contributed by atoms with Gasteiger partial charge in [-0.15, -0.1) is 0 Å². The average Bonchev–Trinajstić information content (AvgIpc) is 2.45. The van der Waals surface area contributed by atoms with Crippen LogP contribution in [0.1, 0.15) is 31.9 Å². The number of hydrogen-bond acceptors (Lipinski definition) is 3. The third-order valence-corrected chi connectivity index (χ3v) is 4.89. The number of aryl methyl sites for hydroxylation is 1. The molecule has 0 aromatic heterocycles. The minimum atomic E-state index is -0.687. The van der Waals surface area contributed by atoms with Gasteiger partial charge in [0.1, 0.15) is 4.83 Å². The molecule has 1 unspecified atom stereocenters. The zero-order chi connectivity index (χ0) is 18.5. The molecule has 2 atom stereocenters. The summed E-state index contributed by atoms with van der Waals surface area (Å²) in [6.07, 6.45) is -0.261. The van der Waals surface area contributed by atoms with Crippen LogP contribution in [0.2, 0.25) is 5.02 Å². The zero-order valence-electron chi connectivity index (χ0n) is 14.3. The molecule has 1 aromatic rings. The van der Waals surface area contributed by atoms with Gasteiger partial charge in [0.2, 0.25) is 5.91 Å². The number of aliphatic hydroxyl groups excluding tert-OH is 1. The van der Waals surface area contributed by atoms with E-state index in [0.29, 0.717) is 11.4 Å². The predicted octanol–water partition coefficient (Wildman–Crippen LogP) is 4.01. The normalized spacial score (nSPS) is 14.3. The number of alkyl halides is 1. The summed E-state index contributed by atoms with van der Waals surface area (Å²) in [5.74, 6) is -0.204. The fourth-order valence-electron chi connectivity index (χ4n) is 2.03. The molecule has 0 fully saturated rings. The van der Waals surface area contributed by atoms with E-state index in [-0.39, 0.29) is 24.7 Å². The summed E-state index contributed by atoms with van der Waals surface area (Å²) >= 11 is 12.8. The van der Waals surface area contributed by atoms with Gasteiger partial charge in [-0.25, -0.2) is 0 Å². The molecule has 1 rings (SSSR count). The van der Waals surface area contributed by atoms with Crippen molar-refractivity contribution >= 4 is 49.4 Å². The molecule has 24 heavy (non-hydrogen) atoms. The van der Waals surface area contributed by atoms with Gasteiger partial charge in [-0.1, -0.05) is 43.5 Å². The molecule has 2 N–H and O–H groups in total. The van der Waals surface area contributed by atoms with Gasteiger partial charge < -0.3 is 15.2 Å². The molecule has 0 aliphatic carbocycles. The fraction of sp³-hybridized carbons (Fsp3) is 0.588. The van der Waals surface area contributed by atoms with Crippen molar-refractivity contribution in [2.45, 2.75) is 50.6 Å². The second-order valence-corrected chi connectivity index (χ2v) is 9.07. The van der Waals surface area contributed by atoms with Crippen molar-refractivity contribution < 1.29 is 14.6 Å². The first-order chi connectivity index (χ1) is 11.0. The van der Waals surface area contributed by atoms with Crippen molar-refractivity contribution in [2.75, 3.05) is 13.2 Å². The predicted molar refractivity (Wildman–Crippen MR) is 105 cm³/mol. The number of aliphatic hydroxyl groups is 1. The lowest BCUT2D eigenvalue weighted by Gasteiger charge is -2.22. The third-order valence-electron chi connectivity index (χ3n) is 3.28.